The van der Waals surface area contributed by atoms with Crippen LogP contribution in [0.2, 0.25) is 0 Å². The molecule has 1 aromatic rings. The molecule has 0 saturated heterocycles. The topological polar surface area (TPSA) is 96.2 Å². The molecule has 136 valence electrons. The summed E-state index contributed by atoms with van der Waals surface area (Å²) in [6, 6.07) is 0. The van der Waals surface area contributed by atoms with Crippen LogP contribution in [0.25, 0.3) is 0 Å². The van der Waals surface area contributed by atoms with Gasteiger partial charge in [0.1, 0.15) is 5.82 Å². The smallest absolute Gasteiger partial charge is 0.330 e. The lowest BCUT2D eigenvalue weighted by molar-refractivity contribution is 0.604. The Morgan fingerprint density at radius 1 is 1.21 bits per heavy atom. The first-order valence-electron chi connectivity index (χ1n) is 8.65. The van der Waals surface area contributed by atoms with E-state index in [2.05, 4.69) is 17.2 Å². The molecule has 0 unspecified atom stereocenters. The van der Waals surface area contributed by atoms with Gasteiger partial charge in [0.15, 0.2) is 10.8 Å². The fourth-order valence-electron chi connectivity index (χ4n) is 2.38. The van der Waals surface area contributed by atoms with Crippen LogP contribution in [0, 0.1) is 0 Å². The number of nitrogens with two attached hydrogens (primary N) is 1. The maximum absolute atomic E-state index is 12.4. The van der Waals surface area contributed by atoms with Crippen molar-refractivity contribution in [1.29, 1.82) is 0 Å². The minimum absolute atomic E-state index is 0.172. The van der Waals surface area contributed by atoms with Gasteiger partial charge in [0.05, 0.1) is 0 Å². The molecule has 0 fully saturated rings. The Labute approximate surface area is 148 Å². The maximum atomic E-state index is 12.4. The largest absolute Gasteiger partial charge is 0.383 e. The molecule has 0 aliphatic heterocycles. The number of thiocarbonyl (C=S) groups is 1. The van der Waals surface area contributed by atoms with Crippen molar-refractivity contribution >= 4 is 28.8 Å². The molecular formula is C16H29N5O2S. The third-order valence-corrected chi connectivity index (χ3v) is 4.08. The van der Waals surface area contributed by atoms with Gasteiger partial charge in [-0.1, -0.05) is 33.6 Å². The highest BCUT2D eigenvalue weighted by Gasteiger charge is 2.21. The van der Waals surface area contributed by atoms with Gasteiger partial charge in [0, 0.05) is 19.6 Å². The number of aromatic nitrogens is 2. The molecule has 0 aliphatic rings. The van der Waals surface area contributed by atoms with Crippen molar-refractivity contribution in [2.45, 2.75) is 59.4 Å². The van der Waals surface area contributed by atoms with E-state index >= 15 is 0 Å². The van der Waals surface area contributed by atoms with Crippen molar-refractivity contribution in [1.82, 2.24) is 14.9 Å². The third kappa shape index (κ3) is 5.09. The van der Waals surface area contributed by atoms with Gasteiger partial charge in [0.2, 0.25) is 0 Å². The molecule has 0 spiro atoms. The van der Waals surface area contributed by atoms with Crippen molar-refractivity contribution in [2.24, 2.45) is 0 Å². The van der Waals surface area contributed by atoms with E-state index in [1.807, 2.05) is 13.8 Å². The fraction of sp³-hybridized carbons (Fsp3) is 0.688. The zero-order valence-corrected chi connectivity index (χ0v) is 15.7. The Morgan fingerprint density at radius 2 is 1.88 bits per heavy atom. The average Bonchev–Trinajstić information content (AvgIpc) is 2.53. The highest BCUT2D eigenvalue weighted by atomic mass is 32.1. The quantitative estimate of drug-likeness (QED) is 0.462. The highest BCUT2D eigenvalue weighted by Crippen LogP contribution is 2.17. The van der Waals surface area contributed by atoms with E-state index in [1.54, 1.807) is 4.90 Å². The van der Waals surface area contributed by atoms with Crippen LogP contribution in [0.1, 0.15) is 52.9 Å². The minimum atomic E-state index is -0.502. The summed E-state index contributed by atoms with van der Waals surface area (Å²) in [5.74, 6) is 0.172. The molecular weight excluding hydrogens is 326 g/mol. The minimum Gasteiger partial charge on any atom is -0.383 e. The van der Waals surface area contributed by atoms with Crippen LogP contribution in [0.5, 0.6) is 0 Å². The monoisotopic (exact) mass is 355 g/mol. The lowest BCUT2D eigenvalue weighted by atomic mass is 10.3. The Balaban J connectivity index is 3.24. The molecule has 0 aromatic carbocycles. The molecule has 0 radical (unpaired) electrons. The molecule has 1 aromatic heterocycles. The molecule has 0 atom stereocenters. The van der Waals surface area contributed by atoms with Crippen molar-refractivity contribution < 1.29 is 0 Å². The van der Waals surface area contributed by atoms with Crippen LogP contribution in [0.15, 0.2) is 9.59 Å². The van der Waals surface area contributed by atoms with Crippen LogP contribution in [-0.4, -0.2) is 27.8 Å². The summed E-state index contributed by atoms with van der Waals surface area (Å²) in [5, 5.41) is 3.62. The van der Waals surface area contributed by atoms with Gasteiger partial charge < -0.3 is 16.0 Å². The van der Waals surface area contributed by atoms with Gasteiger partial charge in [-0.15, -0.1) is 0 Å². The highest BCUT2D eigenvalue weighted by molar-refractivity contribution is 7.80. The van der Waals surface area contributed by atoms with E-state index in [0.717, 1.165) is 38.6 Å². The number of aromatic amines is 1. The summed E-state index contributed by atoms with van der Waals surface area (Å²) in [7, 11) is 0. The van der Waals surface area contributed by atoms with E-state index < -0.39 is 11.2 Å². The third-order valence-electron chi connectivity index (χ3n) is 3.72. The molecule has 0 saturated carbocycles. The lowest BCUT2D eigenvalue weighted by Crippen LogP contribution is -2.46. The van der Waals surface area contributed by atoms with Gasteiger partial charge in [0.25, 0.3) is 5.56 Å². The number of H-pyrrole nitrogens is 1. The lowest BCUT2D eigenvalue weighted by Gasteiger charge is -2.26. The van der Waals surface area contributed by atoms with E-state index in [-0.39, 0.29) is 11.5 Å². The Morgan fingerprint density at radius 3 is 2.46 bits per heavy atom. The average molecular weight is 356 g/mol. The fourth-order valence-corrected chi connectivity index (χ4v) is 2.67. The molecule has 1 heterocycles. The Bertz CT molecular complexity index is 653. The van der Waals surface area contributed by atoms with Crippen LogP contribution in [0.3, 0.4) is 0 Å². The van der Waals surface area contributed by atoms with E-state index in [0.29, 0.717) is 18.2 Å². The summed E-state index contributed by atoms with van der Waals surface area (Å²) in [4.78, 5) is 28.5. The van der Waals surface area contributed by atoms with Crippen molar-refractivity contribution in [3.8, 4) is 0 Å². The van der Waals surface area contributed by atoms with Crippen molar-refractivity contribution in [2.75, 3.05) is 23.7 Å². The summed E-state index contributed by atoms with van der Waals surface area (Å²) in [6.07, 6.45) is 4.57. The first-order chi connectivity index (χ1) is 11.5. The molecule has 4 N–H and O–H groups in total. The molecule has 8 heteroatoms. The maximum Gasteiger partial charge on any atom is 0.330 e. The number of nitrogens with one attached hydrogen (secondary N) is 2. The van der Waals surface area contributed by atoms with Gasteiger partial charge in [-0.05, 0) is 31.5 Å². The first kappa shape index (κ1) is 20.2. The second-order valence-electron chi connectivity index (χ2n) is 5.74. The zero-order chi connectivity index (χ0) is 18.1. The zero-order valence-electron chi connectivity index (χ0n) is 14.9. The number of hydrogen-bond acceptors (Lipinski definition) is 4. The number of unbranched alkanes of at least 4 members (excludes halogenated alkanes) is 2. The first-order valence-corrected chi connectivity index (χ1v) is 9.06. The Kier molecular flexibility index (Phi) is 8.53. The van der Waals surface area contributed by atoms with Crippen LogP contribution < -0.4 is 27.2 Å². The van der Waals surface area contributed by atoms with Crippen LogP contribution in [-0.2, 0) is 6.54 Å². The normalized spacial score (nSPS) is 10.6. The predicted octanol–water partition coefficient (Wildman–Crippen LogP) is 1.81. The second-order valence-corrected chi connectivity index (χ2v) is 6.12. The molecule has 24 heavy (non-hydrogen) atoms. The number of anilines is 2. The van der Waals surface area contributed by atoms with Crippen LogP contribution >= 0.6 is 12.2 Å². The van der Waals surface area contributed by atoms with Gasteiger partial charge >= 0.3 is 5.69 Å². The van der Waals surface area contributed by atoms with Gasteiger partial charge in [-0.3, -0.25) is 14.3 Å². The predicted molar refractivity (Wildman–Crippen MR) is 104 cm³/mol. The molecule has 0 aliphatic carbocycles. The molecule has 7 nitrogen and oxygen atoms in total. The number of rotatable bonds is 9. The van der Waals surface area contributed by atoms with Gasteiger partial charge in [-0.2, -0.15) is 0 Å². The standard InChI is InChI=1S/C16H29N5O2S/c1-4-7-9-18-16(24)20(10-6-3)12-13(17)21(11-8-5-2)15(23)19-14(12)22/h4-11,17H2,1-3H3,(H,18,24)(H,19,22,23). The van der Waals surface area contributed by atoms with Crippen LogP contribution in [0.4, 0.5) is 11.5 Å². The number of nitrogens with zero attached hydrogens (tertiary/aromatic N) is 2. The van der Waals surface area contributed by atoms with E-state index in [1.165, 1.54) is 4.57 Å². The van der Waals surface area contributed by atoms with Crippen molar-refractivity contribution in [3.63, 3.8) is 0 Å². The summed E-state index contributed by atoms with van der Waals surface area (Å²) < 4.78 is 1.41. The SMILES string of the molecule is CCCCNC(=S)N(CCC)c1c(N)n(CCCC)c(=O)[nH]c1=O. The van der Waals surface area contributed by atoms with Gasteiger partial charge in [-0.25, -0.2) is 4.79 Å². The number of hydrogen-bond donors (Lipinski definition) is 3. The summed E-state index contributed by atoms with van der Waals surface area (Å²) in [6.45, 7) is 7.89. The Hall–Kier alpha value is -1.83. The molecule has 0 bridgehead atoms. The number of nitrogen functional groups attached to an aromatic ring is 1. The summed E-state index contributed by atoms with van der Waals surface area (Å²) in [5.41, 5.74) is 5.44. The second kappa shape index (κ2) is 10.1. The molecule has 0 amide bonds. The molecule has 1 rings (SSSR count). The van der Waals surface area contributed by atoms with E-state index in [9.17, 15) is 9.59 Å². The summed E-state index contributed by atoms with van der Waals surface area (Å²) >= 11 is 5.44. The van der Waals surface area contributed by atoms with E-state index in [4.69, 9.17) is 18.0 Å². The van der Waals surface area contributed by atoms with Crippen molar-refractivity contribution in [3.05, 3.63) is 20.8 Å².